The molecule has 1 aliphatic rings. The van der Waals surface area contributed by atoms with Gasteiger partial charge in [-0.25, -0.2) is 4.98 Å². The van der Waals surface area contributed by atoms with Crippen LogP contribution in [0.15, 0.2) is 52.3 Å². The highest BCUT2D eigenvalue weighted by Gasteiger charge is 2.27. The van der Waals surface area contributed by atoms with E-state index in [0.29, 0.717) is 37.9 Å². The van der Waals surface area contributed by atoms with E-state index in [1.807, 2.05) is 42.4 Å². The Morgan fingerprint density at radius 3 is 2.74 bits per heavy atom. The summed E-state index contributed by atoms with van der Waals surface area (Å²) in [7, 11) is 3.57. The number of piperazine rings is 1. The van der Waals surface area contributed by atoms with Crippen LogP contribution in [0.5, 0.6) is 0 Å². The molecule has 3 heterocycles. The zero-order chi connectivity index (χ0) is 21.8. The van der Waals surface area contributed by atoms with Gasteiger partial charge in [0, 0.05) is 51.9 Å². The first-order valence-electron chi connectivity index (χ1n) is 10.3. The molecule has 1 amide bonds. The molecule has 9 heteroatoms. The van der Waals surface area contributed by atoms with Gasteiger partial charge in [0.1, 0.15) is 12.8 Å². The van der Waals surface area contributed by atoms with E-state index < -0.39 is 0 Å². The van der Waals surface area contributed by atoms with E-state index in [0.717, 1.165) is 16.9 Å². The third-order valence-corrected chi connectivity index (χ3v) is 5.25. The van der Waals surface area contributed by atoms with Crippen molar-refractivity contribution in [3.05, 3.63) is 54.2 Å². The molecule has 1 aliphatic heterocycles. The van der Waals surface area contributed by atoms with Crippen LogP contribution in [0.25, 0.3) is 11.5 Å². The SMILES string of the molecule is CN=C(NCCc1coc(-c2ccc(C)cc2)n1)N1CCN(c2cnn(C)c2)C(=O)C1. The zero-order valence-corrected chi connectivity index (χ0v) is 18.1. The molecule has 0 unspecified atom stereocenters. The van der Waals surface area contributed by atoms with Crippen molar-refractivity contribution in [3.8, 4) is 11.5 Å². The number of hydrogen-bond acceptors (Lipinski definition) is 5. The van der Waals surface area contributed by atoms with Crippen molar-refractivity contribution < 1.29 is 9.21 Å². The molecule has 4 rings (SSSR count). The molecule has 0 spiro atoms. The van der Waals surface area contributed by atoms with Gasteiger partial charge in [-0.05, 0) is 19.1 Å². The largest absolute Gasteiger partial charge is 0.444 e. The van der Waals surface area contributed by atoms with E-state index in [9.17, 15) is 4.79 Å². The van der Waals surface area contributed by atoms with E-state index in [4.69, 9.17) is 4.42 Å². The molecule has 2 aromatic heterocycles. The van der Waals surface area contributed by atoms with Crippen LogP contribution in [0.2, 0.25) is 0 Å². The van der Waals surface area contributed by atoms with Crippen LogP contribution in [-0.2, 0) is 18.3 Å². The van der Waals surface area contributed by atoms with Gasteiger partial charge >= 0.3 is 0 Å². The zero-order valence-electron chi connectivity index (χ0n) is 18.1. The van der Waals surface area contributed by atoms with Crippen molar-refractivity contribution >= 4 is 17.6 Å². The second kappa shape index (κ2) is 9.03. The summed E-state index contributed by atoms with van der Waals surface area (Å²) < 4.78 is 7.32. The van der Waals surface area contributed by atoms with E-state index in [1.165, 1.54) is 5.56 Å². The number of nitrogens with zero attached hydrogens (tertiary/aromatic N) is 6. The Kier molecular flexibility index (Phi) is 6.01. The predicted molar refractivity (Wildman–Crippen MR) is 119 cm³/mol. The summed E-state index contributed by atoms with van der Waals surface area (Å²) in [4.78, 5) is 25.3. The molecule has 0 aliphatic carbocycles. The number of carbonyl (C=O) groups is 1. The maximum atomic E-state index is 12.6. The average Bonchev–Trinajstić information content (AvgIpc) is 3.41. The van der Waals surface area contributed by atoms with E-state index >= 15 is 0 Å². The minimum Gasteiger partial charge on any atom is -0.444 e. The van der Waals surface area contributed by atoms with Crippen LogP contribution in [0.4, 0.5) is 5.69 Å². The topological polar surface area (TPSA) is 91.8 Å². The quantitative estimate of drug-likeness (QED) is 0.499. The van der Waals surface area contributed by atoms with Gasteiger partial charge in [-0.15, -0.1) is 0 Å². The van der Waals surface area contributed by atoms with Crippen molar-refractivity contribution in [2.24, 2.45) is 12.0 Å². The molecule has 0 radical (unpaired) electrons. The van der Waals surface area contributed by atoms with Crippen LogP contribution >= 0.6 is 0 Å². The van der Waals surface area contributed by atoms with Gasteiger partial charge < -0.3 is 19.5 Å². The predicted octanol–water partition coefficient (Wildman–Crippen LogP) is 1.85. The Hall–Kier alpha value is -3.62. The van der Waals surface area contributed by atoms with Crippen molar-refractivity contribution in [1.29, 1.82) is 0 Å². The first-order chi connectivity index (χ1) is 15.0. The lowest BCUT2D eigenvalue weighted by atomic mass is 10.1. The minimum atomic E-state index is 0.0291. The van der Waals surface area contributed by atoms with Crippen LogP contribution in [0.1, 0.15) is 11.3 Å². The molecule has 1 N–H and O–H groups in total. The fourth-order valence-corrected chi connectivity index (χ4v) is 3.56. The standard InChI is InChI=1S/C22H27N7O2/c1-16-4-6-17(7-5-16)21-26-18(15-31-21)8-9-24-22(23-2)28-10-11-29(20(30)14-28)19-12-25-27(3)13-19/h4-7,12-13,15H,8-11,14H2,1-3H3,(H,23,24). The van der Waals surface area contributed by atoms with Crippen LogP contribution in [-0.4, -0.2) is 64.8 Å². The highest BCUT2D eigenvalue weighted by Crippen LogP contribution is 2.19. The first-order valence-corrected chi connectivity index (χ1v) is 10.3. The highest BCUT2D eigenvalue weighted by molar-refractivity contribution is 5.98. The van der Waals surface area contributed by atoms with E-state index in [1.54, 1.807) is 29.1 Å². The molecule has 1 saturated heterocycles. The highest BCUT2D eigenvalue weighted by atomic mass is 16.3. The number of hydrogen-bond donors (Lipinski definition) is 1. The number of benzene rings is 1. The maximum Gasteiger partial charge on any atom is 0.246 e. The van der Waals surface area contributed by atoms with Gasteiger partial charge in [0.2, 0.25) is 11.8 Å². The van der Waals surface area contributed by atoms with Gasteiger partial charge in [-0.2, -0.15) is 5.10 Å². The monoisotopic (exact) mass is 421 g/mol. The molecule has 1 aromatic carbocycles. The number of carbonyl (C=O) groups excluding carboxylic acids is 1. The molecule has 3 aromatic rings. The molecule has 31 heavy (non-hydrogen) atoms. The van der Waals surface area contributed by atoms with Crippen molar-refractivity contribution in [2.75, 3.05) is 38.1 Å². The number of aliphatic imine (C=N–C) groups is 1. The lowest BCUT2D eigenvalue weighted by molar-refractivity contribution is -0.120. The lowest BCUT2D eigenvalue weighted by Crippen LogP contribution is -2.55. The molecule has 9 nitrogen and oxygen atoms in total. The number of nitrogens with one attached hydrogen (secondary N) is 1. The number of aryl methyl sites for hydroxylation is 2. The van der Waals surface area contributed by atoms with Gasteiger partial charge in [-0.3, -0.25) is 14.5 Å². The van der Waals surface area contributed by atoms with E-state index in [2.05, 4.69) is 27.3 Å². The Balaban J connectivity index is 1.29. The molecular formula is C22H27N7O2. The normalized spacial score (nSPS) is 14.9. The summed E-state index contributed by atoms with van der Waals surface area (Å²) in [5, 5.41) is 7.48. The van der Waals surface area contributed by atoms with Crippen molar-refractivity contribution in [3.63, 3.8) is 0 Å². The number of rotatable bonds is 5. The smallest absolute Gasteiger partial charge is 0.246 e. The summed E-state index contributed by atoms with van der Waals surface area (Å²) in [5.41, 5.74) is 3.86. The fraction of sp³-hybridized carbons (Fsp3) is 0.364. The maximum absolute atomic E-state index is 12.6. The molecule has 0 saturated carbocycles. The van der Waals surface area contributed by atoms with Gasteiger partial charge in [0.05, 0.1) is 17.6 Å². The van der Waals surface area contributed by atoms with Crippen molar-refractivity contribution in [1.82, 2.24) is 25.0 Å². The molecule has 0 atom stereocenters. The number of oxazole rings is 1. The first kappa shape index (κ1) is 20.6. The van der Waals surface area contributed by atoms with Gasteiger partial charge in [0.15, 0.2) is 5.96 Å². The Morgan fingerprint density at radius 2 is 2.06 bits per heavy atom. The Labute approximate surface area is 181 Å². The van der Waals surface area contributed by atoms with Crippen molar-refractivity contribution in [2.45, 2.75) is 13.3 Å². The summed E-state index contributed by atoms with van der Waals surface area (Å²) >= 11 is 0. The second-order valence-corrected chi connectivity index (χ2v) is 7.57. The van der Waals surface area contributed by atoms with Gasteiger partial charge in [0.25, 0.3) is 0 Å². The molecule has 0 bridgehead atoms. The minimum absolute atomic E-state index is 0.0291. The average molecular weight is 422 g/mol. The van der Waals surface area contributed by atoms with Crippen LogP contribution < -0.4 is 10.2 Å². The molecule has 162 valence electrons. The second-order valence-electron chi connectivity index (χ2n) is 7.57. The third kappa shape index (κ3) is 4.76. The number of anilines is 1. The van der Waals surface area contributed by atoms with Crippen LogP contribution in [0.3, 0.4) is 0 Å². The van der Waals surface area contributed by atoms with Gasteiger partial charge in [-0.1, -0.05) is 17.7 Å². The Morgan fingerprint density at radius 1 is 1.26 bits per heavy atom. The number of aromatic nitrogens is 3. The molecule has 1 fully saturated rings. The number of amides is 1. The summed E-state index contributed by atoms with van der Waals surface area (Å²) in [6.45, 7) is 4.26. The summed E-state index contributed by atoms with van der Waals surface area (Å²) in [6, 6.07) is 8.10. The summed E-state index contributed by atoms with van der Waals surface area (Å²) in [5.74, 6) is 1.36. The number of guanidine groups is 1. The Bertz CT molecular complexity index is 1070. The fourth-order valence-electron chi connectivity index (χ4n) is 3.56. The van der Waals surface area contributed by atoms with E-state index in [-0.39, 0.29) is 12.5 Å². The lowest BCUT2D eigenvalue weighted by Gasteiger charge is -2.35. The third-order valence-electron chi connectivity index (χ3n) is 5.25. The summed E-state index contributed by atoms with van der Waals surface area (Å²) in [6.07, 6.45) is 5.95. The molecular weight excluding hydrogens is 394 g/mol. The van der Waals surface area contributed by atoms with Crippen LogP contribution in [0, 0.1) is 6.92 Å².